The molecular formula is C36H26. The lowest BCUT2D eigenvalue weighted by atomic mass is 9.66. The lowest BCUT2D eigenvalue weighted by molar-refractivity contribution is 0.762. The molecule has 0 fully saturated rings. The minimum absolute atomic E-state index is 0.397. The Kier molecular flexibility index (Phi) is 4.85. The van der Waals surface area contributed by atoms with Crippen LogP contribution in [-0.4, -0.2) is 0 Å². The van der Waals surface area contributed by atoms with Crippen molar-refractivity contribution in [2.75, 3.05) is 0 Å². The Labute approximate surface area is 212 Å². The summed E-state index contributed by atoms with van der Waals surface area (Å²) in [6, 6.07) is 44.4. The fourth-order valence-corrected chi connectivity index (χ4v) is 6.30. The van der Waals surface area contributed by atoms with E-state index in [1.807, 2.05) is 0 Å². The van der Waals surface area contributed by atoms with E-state index in [4.69, 9.17) is 0 Å². The largest absolute Gasteiger partial charge is 0.0804 e. The molecule has 0 amide bonds. The molecule has 0 radical (unpaired) electrons. The number of hydrogen-bond donors (Lipinski definition) is 0. The van der Waals surface area contributed by atoms with Crippen molar-refractivity contribution < 1.29 is 0 Å². The van der Waals surface area contributed by atoms with E-state index in [9.17, 15) is 0 Å². The standard InChI is InChI=1S/C36H26/c1-5-15-26(16-6-1)32-25-34-35(30-22-14-13-21-29(30)32)31-23-11-4-12-24-33(31)36(34,27-17-7-2-8-18-27)28-19-9-3-10-20-28/h1-3,5-25H,4H2. The van der Waals surface area contributed by atoms with Gasteiger partial charge < -0.3 is 0 Å². The van der Waals surface area contributed by atoms with Gasteiger partial charge in [0.2, 0.25) is 0 Å². The van der Waals surface area contributed by atoms with Crippen LogP contribution in [0.3, 0.4) is 0 Å². The lowest BCUT2D eigenvalue weighted by Crippen LogP contribution is -2.29. The van der Waals surface area contributed by atoms with Gasteiger partial charge in [-0.2, -0.15) is 0 Å². The van der Waals surface area contributed by atoms with Gasteiger partial charge >= 0.3 is 0 Å². The zero-order valence-electron chi connectivity index (χ0n) is 20.1. The second-order valence-electron chi connectivity index (χ2n) is 9.61. The first-order valence-corrected chi connectivity index (χ1v) is 12.7. The normalized spacial score (nSPS) is 15.6. The van der Waals surface area contributed by atoms with E-state index in [2.05, 4.69) is 146 Å². The highest BCUT2D eigenvalue weighted by atomic mass is 14.5. The summed E-state index contributed by atoms with van der Waals surface area (Å²) in [6.07, 6.45) is 10.3. The average molecular weight is 459 g/mol. The van der Waals surface area contributed by atoms with Gasteiger partial charge in [0.15, 0.2) is 0 Å². The van der Waals surface area contributed by atoms with Crippen molar-refractivity contribution in [2.45, 2.75) is 11.8 Å². The number of rotatable bonds is 3. The number of fused-ring (bicyclic) bond motifs is 4. The van der Waals surface area contributed by atoms with Crippen LogP contribution in [0.4, 0.5) is 0 Å². The Hall–Kier alpha value is -4.42. The Morgan fingerprint density at radius 3 is 1.75 bits per heavy atom. The third kappa shape index (κ3) is 2.94. The van der Waals surface area contributed by atoms with Crippen molar-refractivity contribution in [3.8, 4) is 11.1 Å². The Balaban J connectivity index is 1.71. The predicted molar refractivity (Wildman–Crippen MR) is 152 cm³/mol. The molecule has 5 aromatic carbocycles. The van der Waals surface area contributed by atoms with E-state index >= 15 is 0 Å². The maximum Gasteiger partial charge on any atom is 0.0713 e. The quantitative estimate of drug-likeness (QED) is 0.253. The third-order valence-corrected chi connectivity index (χ3v) is 7.75. The summed E-state index contributed by atoms with van der Waals surface area (Å²) in [5.74, 6) is 0. The molecule has 2 aliphatic rings. The van der Waals surface area contributed by atoms with Crippen LogP contribution in [0.2, 0.25) is 0 Å². The molecule has 0 aliphatic heterocycles. The van der Waals surface area contributed by atoms with Gasteiger partial charge in [-0.15, -0.1) is 0 Å². The minimum atomic E-state index is -0.397. The van der Waals surface area contributed by atoms with Crippen LogP contribution >= 0.6 is 0 Å². The van der Waals surface area contributed by atoms with Crippen molar-refractivity contribution in [1.82, 2.24) is 0 Å². The van der Waals surface area contributed by atoms with Gasteiger partial charge in [0.05, 0.1) is 5.41 Å². The molecule has 0 aromatic heterocycles. The molecule has 5 aromatic rings. The topological polar surface area (TPSA) is 0 Å². The number of allylic oxidation sites excluding steroid dienone is 6. The molecule has 7 rings (SSSR count). The Morgan fingerprint density at radius 1 is 0.528 bits per heavy atom. The van der Waals surface area contributed by atoms with Crippen LogP contribution in [-0.2, 0) is 5.41 Å². The molecule has 0 N–H and O–H groups in total. The summed E-state index contributed by atoms with van der Waals surface area (Å²) in [5, 5.41) is 2.61. The van der Waals surface area contributed by atoms with Gasteiger partial charge in [0.1, 0.15) is 0 Å². The maximum absolute atomic E-state index is 2.48. The first-order valence-electron chi connectivity index (χ1n) is 12.7. The average Bonchev–Trinajstić information content (AvgIpc) is 3.06. The van der Waals surface area contributed by atoms with Crippen molar-refractivity contribution in [1.29, 1.82) is 0 Å². The fourth-order valence-electron chi connectivity index (χ4n) is 6.30. The summed E-state index contributed by atoms with van der Waals surface area (Å²) >= 11 is 0. The summed E-state index contributed by atoms with van der Waals surface area (Å²) in [5.41, 5.74) is 10.2. The molecule has 0 atom stereocenters. The molecular weight excluding hydrogens is 432 g/mol. The highest BCUT2D eigenvalue weighted by Gasteiger charge is 2.47. The molecule has 0 unspecified atom stereocenters. The number of hydrogen-bond acceptors (Lipinski definition) is 0. The van der Waals surface area contributed by atoms with Gasteiger partial charge in [0.25, 0.3) is 0 Å². The lowest BCUT2D eigenvalue weighted by Gasteiger charge is -2.35. The molecule has 0 spiro atoms. The molecule has 0 heterocycles. The Morgan fingerprint density at radius 2 is 1.08 bits per heavy atom. The van der Waals surface area contributed by atoms with Gasteiger partial charge in [-0.1, -0.05) is 140 Å². The first-order chi connectivity index (χ1) is 17.9. The van der Waals surface area contributed by atoms with Gasteiger partial charge in [-0.05, 0) is 67.8 Å². The van der Waals surface area contributed by atoms with E-state index in [1.54, 1.807) is 0 Å². The van der Waals surface area contributed by atoms with Crippen LogP contribution in [0.1, 0.15) is 28.7 Å². The van der Waals surface area contributed by atoms with Crippen molar-refractivity contribution >= 4 is 16.3 Å². The molecule has 0 heteroatoms. The summed E-state index contributed by atoms with van der Waals surface area (Å²) in [4.78, 5) is 0. The van der Waals surface area contributed by atoms with Gasteiger partial charge in [0, 0.05) is 0 Å². The highest BCUT2D eigenvalue weighted by Crippen LogP contribution is 2.58. The zero-order valence-corrected chi connectivity index (χ0v) is 20.1. The molecule has 0 saturated heterocycles. The smallest absolute Gasteiger partial charge is 0.0713 e. The van der Waals surface area contributed by atoms with Crippen molar-refractivity contribution in [3.63, 3.8) is 0 Å². The van der Waals surface area contributed by atoms with Crippen LogP contribution in [0.5, 0.6) is 0 Å². The van der Waals surface area contributed by atoms with Crippen LogP contribution in [0.15, 0.2) is 151 Å². The molecule has 2 aliphatic carbocycles. The predicted octanol–water partition coefficient (Wildman–Crippen LogP) is 9.12. The highest BCUT2D eigenvalue weighted by molar-refractivity contribution is 6.09. The fraction of sp³-hybridized carbons (Fsp3) is 0.0556. The van der Waals surface area contributed by atoms with E-state index in [0.717, 1.165) is 6.42 Å². The molecule has 36 heavy (non-hydrogen) atoms. The molecule has 0 bridgehead atoms. The summed E-state index contributed by atoms with van der Waals surface area (Å²) in [7, 11) is 0. The second kappa shape index (κ2) is 8.36. The zero-order chi connectivity index (χ0) is 24.0. The number of benzene rings is 5. The van der Waals surface area contributed by atoms with E-state index < -0.39 is 5.41 Å². The SMILES string of the molecule is C1=CC2=C(C=CC1)C(c1ccccc1)(c1ccccc1)c1cc(-c3ccccc3)c3ccccc3c12. The van der Waals surface area contributed by atoms with E-state index in [1.165, 1.54) is 55.3 Å². The van der Waals surface area contributed by atoms with E-state index in [-0.39, 0.29) is 0 Å². The van der Waals surface area contributed by atoms with Crippen molar-refractivity contribution in [2.24, 2.45) is 0 Å². The van der Waals surface area contributed by atoms with Gasteiger partial charge in [-0.3, -0.25) is 0 Å². The van der Waals surface area contributed by atoms with E-state index in [0.29, 0.717) is 0 Å². The minimum Gasteiger partial charge on any atom is -0.0804 e. The third-order valence-electron chi connectivity index (χ3n) is 7.75. The van der Waals surface area contributed by atoms with Crippen LogP contribution in [0.25, 0.3) is 27.5 Å². The van der Waals surface area contributed by atoms with Crippen molar-refractivity contribution in [3.05, 3.63) is 173 Å². The molecule has 170 valence electrons. The molecule has 0 nitrogen and oxygen atoms in total. The van der Waals surface area contributed by atoms with Crippen LogP contribution in [0, 0.1) is 0 Å². The van der Waals surface area contributed by atoms with Gasteiger partial charge in [-0.25, -0.2) is 0 Å². The second-order valence-corrected chi connectivity index (χ2v) is 9.61. The summed E-state index contributed by atoms with van der Waals surface area (Å²) in [6.45, 7) is 0. The van der Waals surface area contributed by atoms with Crippen LogP contribution < -0.4 is 0 Å². The monoisotopic (exact) mass is 458 g/mol. The Bertz CT molecular complexity index is 1630. The molecule has 0 saturated carbocycles. The maximum atomic E-state index is 2.48. The summed E-state index contributed by atoms with van der Waals surface area (Å²) < 4.78 is 0. The first kappa shape index (κ1) is 20.9.